The number of thioether (sulfide) groups is 1. The zero-order chi connectivity index (χ0) is 31.6. The summed E-state index contributed by atoms with van der Waals surface area (Å²) >= 11 is 1.34. The van der Waals surface area contributed by atoms with Crippen LogP contribution in [0.25, 0.3) is 16.8 Å². The van der Waals surface area contributed by atoms with Gasteiger partial charge in [-0.15, -0.1) is 11.8 Å². The van der Waals surface area contributed by atoms with Gasteiger partial charge in [-0.3, -0.25) is 14.4 Å². The summed E-state index contributed by atoms with van der Waals surface area (Å²) in [7, 11) is 3.06. The van der Waals surface area contributed by atoms with Crippen LogP contribution < -0.4 is 25.4 Å². The Morgan fingerprint density at radius 1 is 0.756 bits per heavy atom. The molecule has 0 aromatic heterocycles. The van der Waals surface area contributed by atoms with E-state index >= 15 is 0 Å². The molecule has 5 aromatic carbocycles. The maximum atomic E-state index is 13.6. The normalized spacial score (nSPS) is 11.0. The summed E-state index contributed by atoms with van der Waals surface area (Å²) in [6, 6.07) is 34.6. The van der Waals surface area contributed by atoms with Gasteiger partial charge in [0.25, 0.3) is 11.8 Å². The summed E-state index contributed by atoms with van der Waals surface area (Å²) in [5.74, 6) is 0.0991. The van der Waals surface area contributed by atoms with Crippen LogP contribution in [0.5, 0.6) is 11.5 Å². The second-order valence-corrected chi connectivity index (χ2v) is 10.9. The third kappa shape index (κ3) is 8.10. The van der Waals surface area contributed by atoms with Crippen molar-refractivity contribution in [2.45, 2.75) is 4.90 Å². The van der Waals surface area contributed by atoms with Gasteiger partial charge in [0.05, 0.1) is 20.0 Å². The Morgan fingerprint density at radius 3 is 2.31 bits per heavy atom. The molecule has 0 aliphatic rings. The van der Waals surface area contributed by atoms with E-state index in [0.717, 1.165) is 21.4 Å². The number of rotatable bonds is 11. The molecule has 0 heterocycles. The van der Waals surface area contributed by atoms with Crippen LogP contribution in [0.2, 0.25) is 0 Å². The Bertz CT molecular complexity index is 1870. The first-order valence-electron chi connectivity index (χ1n) is 14.1. The van der Waals surface area contributed by atoms with Gasteiger partial charge in [-0.1, -0.05) is 60.7 Å². The Morgan fingerprint density at radius 2 is 1.51 bits per heavy atom. The van der Waals surface area contributed by atoms with E-state index in [1.54, 1.807) is 73.8 Å². The van der Waals surface area contributed by atoms with Gasteiger partial charge in [0.1, 0.15) is 17.2 Å². The van der Waals surface area contributed by atoms with Crippen LogP contribution in [-0.2, 0) is 9.59 Å². The number of anilines is 2. The zero-order valence-electron chi connectivity index (χ0n) is 24.7. The van der Waals surface area contributed by atoms with Gasteiger partial charge in [-0.25, -0.2) is 0 Å². The van der Waals surface area contributed by atoms with E-state index in [1.165, 1.54) is 24.9 Å². The molecule has 0 saturated heterocycles. The number of carbonyl (C=O) groups excluding carboxylic acids is 3. The molecule has 0 radical (unpaired) electrons. The molecule has 5 rings (SSSR count). The van der Waals surface area contributed by atoms with E-state index in [0.29, 0.717) is 28.3 Å². The van der Waals surface area contributed by atoms with Crippen LogP contribution in [0.4, 0.5) is 11.4 Å². The molecule has 0 atom stereocenters. The fraction of sp³-hybridized carbons (Fsp3) is 0.0833. The molecule has 0 fully saturated rings. The molecular formula is C36H31N3O5S. The number of hydrogen-bond donors (Lipinski definition) is 3. The number of amides is 3. The van der Waals surface area contributed by atoms with Crippen LogP contribution in [0, 0.1) is 0 Å². The van der Waals surface area contributed by atoms with Crippen molar-refractivity contribution >= 4 is 57.7 Å². The van der Waals surface area contributed by atoms with E-state index < -0.39 is 11.8 Å². The van der Waals surface area contributed by atoms with Crippen molar-refractivity contribution in [2.75, 3.05) is 30.6 Å². The lowest BCUT2D eigenvalue weighted by molar-refractivity contribution is -0.114. The first-order valence-corrected chi connectivity index (χ1v) is 15.0. The van der Waals surface area contributed by atoms with E-state index in [-0.39, 0.29) is 17.4 Å². The Kier molecular flexibility index (Phi) is 10.1. The fourth-order valence-corrected chi connectivity index (χ4v) is 5.34. The summed E-state index contributed by atoms with van der Waals surface area (Å²) < 4.78 is 10.8. The largest absolute Gasteiger partial charge is 0.497 e. The summed E-state index contributed by atoms with van der Waals surface area (Å²) in [5, 5.41) is 10.6. The summed E-state index contributed by atoms with van der Waals surface area (Å²) in [5.41, 5.74) is 2.19. The van der Waals surface area contributed by atoms with Crippen molar-refractivity contribution in [1.82, 2.24) is 5.32 Å². The van der Waals surface area contributed by atoms with Crippen LogP contribution in [0.1, 0.15) is 15.9 Å². The topological polar surface area (TPSA) is 106 Å². The maximum Gasteiger partial charge on any atom is 0.272 e. The van der Waals surface area contributed by atoms with Gasteiger partial charge in [0, 0.05) is 32.8 Å². The molecule has 0 unspecified atom stereocenters. The van der Waals surface area contributed by atoms with Gasteiger partial charge in [0.15, 0.2) is 0 Å². The van der Waals surface area contributed by atoms with Crippen molar-refractivity contribution in [1.29, 1.82) is 0 Å². The van der Waals surface area contributed by atoms with Crippen molar-refractivity contribution in [2.24, 2.45) is 0 Å². The molecular weight excluding hydrogens is 586 g/mol. The highest BCUT2D eigenvalue weighted by Gasteiger charge is 2.17. The highest BCUT2D eigenvalue weighted by molar-refractivity contribution is 8.00. The summed E-state index contributed by atoms with van der Waals surface area (Å²) in [4.78, 5) is 40.2. The van der Waals surface area contributed by atoms with Crippen LogP contribution in [-0.4, -0.2) is 37.7 Å². The smallest absolute Gasteiger partial charge is 0.272 e. The highest BCUT2D eigenvalue weighted by atomic mass is 32.2. The molecule has 5 aromatic rings. The molecule has 9 heteroatoms. The van der Waals surface area contributed by atoms with Crippen molar-refractivity contribution in [3.05, 3.63) is 132 Å². The van der Waals surface area contributed by atoms with Gasteiger partial charge >= 0.3 is 0 Å². The van der Waals surface area contributed by atoms with Gasteiger partial charge in [0.2, 0.25) is 5.91 Å². The van der Waals surface area contributed by atoms with Crippen LogP contribution in [0.3, 0.4) is 0 Å². The van der Waals surface area contributed by atoms with Gasteiger partial charge < -0.3 is 25.4 Å². The first-order chi connectivity index (χ1) is 21.9. The van der Waals surface area contributed by atoms with Gasteiger partial charge in [-0.05, 0) is 66.1 Å². The number of fused-ring (bicyclic) bond motifs is 1. The van der Waals surface area contributed by atoms with E-state index in [4.69, 9.17) is 9.47 Å². The minimum Gasteiger partial charge on any atom is -0.497 e. The quantitative estimate of drug-likeness (QED) is 0.109. The molecule has 0 spiro atoms. The standard InChI is InChI=1S/C36H31N3O5S/c1-43-28-18-19-33(44-2)26(20-28)21-32(39-35(41)25-11-4-3-5-12-25)36(42)37-27-14-9-15-29(22-27)45-23-34(40)38-31-17-8-13-24-10-6-7-16-30(24)31/h3-22H,23H2,1-2H3,(H,37,42)(H,38,40)(H,39,41)/b32-21+. The Hall–Kier alpha value is -5.54. The molecule has 0 bridgehead atoms. The van der Waals surface area contributed by atoms with Crippen molar-refractivity contribution < 1.29 is 23.9 Å². The fourth-order valence-electron chi connectivity index (χ4n) is 4.58. The van der Waals surface area contributed by atoms with Gasteiger partial charge in [-0.2, -0.15) is 0 Å². The third-order valence-corrected chi connectivity index (χ3v) is 7.78. The Balaban J connectivity index is 1.31. The minimum absolute atomic E-state index is 0.00271. The Labute approximate surface area is 265 Å². The minimum atomic E-state index is -0.542. The maximum absolute atomic E-state index is 13.6. The van der Waals surface area contributed by atoms with E-state index in [2.05, 4.69) is 16.0 Å². The monoisotopic (exact) mass is 617 g/mol. The molecule has 8 nitrogen and oxygen atoms in total. The molecule has 3 amide bonds. The average molecular weight is 618 g/mol. The number of hydrogen-bond acceptors (Lipinski definition) is 6. The molecule has 3 N–H and O–H groups in total. The van der Waals surface area contributed by atoms with E-state index in [9.17, 15) is 14.4 Å². The molecule has 0 aliphatic carbocycles. The lowest BCUT2D eigenvalue weighted by Crippen LogP contribution is -2.30. The second-order valence-electron chi connectivity index (χ2n) is 9.83. The number of nitrogens with one attached hydrogen (secondary N) is 3. The lowest BCUT2D eigenvalue weighted by atomic mass is 10.1. The molecule has 226 valence electrons. The second kappa shape index (κ2) is 14.8. The third-order valence-electron chi connectivity index (χ3n) is 6.79. The summed E-state index contributed by atoms with van der Waals surface area (Å²) in [6.07, 6.45) is 1.54. The van der Waals surface area contributed by atoms with Crippen molar-refractivity contribution in [3.8, 4) is 11.5 Å². The van der Waals surface area contributed by atoms with E-state index in [1.807, 2.05) is 48.5 Å². The SMILES string of the molecule is COc1ccc(OC)c(/C=C(/NC(=O)c2ccccc2)C(=O)Nc2cccc(SCC(=O)Nc3cccc4ccccc34)c2)c1. The average Bonchev–Trinajstić information content (AvgIpc) is 3.07. The molecule has 0 aliphatic heterocycles. The predicted octanol–water partition coefficient (Wildman–Crippen LogP) is 7.00. The predicted molar refractivity (Wildman–Crippen MR) is 180 cm³/mol. The number of methoxy groups -OCH3 is 2. The number of carbonyl (C=O) groups is 3. The summed E-state index contributed by atoms with van der Waals surface area (Å²) in [6.45, 7) is 0. The van der Waals surface area contributed by atoms with Crippen LogP contribution >= 0.6 is 11.8 Å². The molecule has 0 saturated carbocycles. The highest BCUT2D eigenvalue weighted by Crippen LogP contribution is 2.28. The number of benzene rings is 5. The number of ether oxygens (including phenoxy) is 2. The van der Waals surface area contributed by atoms with Crippen LogP contribution in [0.15, 0.2) is 126 Å². The zero-order valence-corrected chi connectivity index (χ0v) is 25.5. The molecule has 45 heavy (non-hydrogen) atoms. The van der Waals surface area contributed by atoms with Crippen molar-refractivity contribution in [3.63, 3.8) is 0 Å². The first kappa shape index (κ1) is 30.9. The lowest BCUT2D eigenvalue weighted by Gasteiger charge is -2.14.